The lowest BCUT2D eigenvalue weighted by molar-refractivity contribution is -0.119. The van der Waals surface area contributed by atoms with Crippen LogP contribution in [0.2, 0.25) is 0 Å². The zero-order valence-electron chi connectivity index (χ0n) is 10.0. The van der Waals surface area contributed by atoms with Gasteiger partial charge in [0, 0.05) is 18.9 Å². The predicted octanol–water partition coefficient (Wildman–Crippen LogP) is 2.89. The second-order valence-corrected chi connectivity index (χ2v) is 4.16. The largest absolute Gasteiger partial charge is 0.378 e. The minimum absolute atomic E-state index is 0.0378. The molecule has 4 heteroatoms. The molecule has 0 fully saturated rings. The Kier molecular flexibility index (Phi) is 5.22. The molecule has 0 aliphatic rings. The van der Waals surface area contributed by atoms with E-state index in [4.69, 9.17) is 4.74 Å². The van der Waals surface area contributed by atoms with Gasteiger partial charge in [0.25, 0.3) is 0 Å². The maximum Gasteiger partial charge on any atom is 0.139 e. The van der Waals surface area contributed by atoms with E-state index in [2.05, 4.69) is 0 Å². The average molecular weight is 242 g/mol. The molecule has 0 aliphatic carbocycles. The summed E-state index contributed by atoms with van der Waals surface area (Å²) in [6, 6.07) is 3.13. The number of ether oxygens (including phenoxy) is 1. The van der Waals surface area contributed by atoms with Crippen LogP contribution < -0.4 is 0 Å². The van der Waals surface area contributed by atoms with E-state index in [1.165, 1.54) is 12.1 Å². The van der Waals surface area contributed by atoms with Crippen LogP contribution in [-0.4, -0.2) is 18.5 Å². The number of ketones is 1. The standard InChI is InChI=1S/C13H16F2O2/c1-9(2)17-4-3-13(16)7-10-5-11(14)8-12(15)6-10/h5-6,8-9H,3-4,7H2,1-2H3. The molecule has 0 atom stereocenters. The SMILES string of the molecule is CC(C)OCCC(=O)Cc1cc(F)cc(F)c1. The lowest BCUT2D eigenvalue weighted by atomic mass is 10.1. The van der Waals surface area contributed by atoms with Gasteiger partial charge in [0.2, 0.25) is 0 Å². The van der Waals surface area contributed by atoms with Gasteiger partial charge in [-0.2, -0.15) is 0 Å². The maximum atomic E-state index is 12.9. The summed E-state index contributed by atoms with van der Waals surface area (Å²) in [4.78, 5) is 11.5. The molecule has 0 bridgehead atoms. The first-order valence-corrected chi connectivity index (χ1v) is 5.55. The molecule has 0 saturated carbocycles. The highest BCUT2D eigenvalue weighted by Crippen LogP contribution is 2.09. The fourth-order valence-corrected chi connectivity index (χ4v) is 1.44. The molecule has 2 nitrogen and oxygen atoms in total. The van der Waals surface area contributed by atoms with Crippen molar-refractivity contribution in [3.8, 4) is 0 Å². The van der Waals surface area contributed by atoms with Crippen molar-refractivity contribution in [1.29, 1.82) is 0 Å². The summed E-state index contributed by atoms with van der Waals surface area (Å²) in [6.07, 6.45) is 0.376. The third kappa shape index (κ3) is 5.54. The molecule has 94 valence electrons. The summed E-state index contributed by atoms with van der Waals surface area (Å²) in [7, 11) is 0. The highest BCUT2D eigenvalue weighted by molar-refractivity contribution is 5.80. The number of hydrogen-bond donors (Lipinski definition) is 0. The molecule has 1 rings (SSSR count). The summed E-state index contributed by atoms with van der Waals surface area (Å²) >= 11 is 0. The first-order valence-electron chi connectivity index (χ1n) is 5.55. The van der Waals surface area contributed by atoms with Crippen LogP contribution in [0.5, 0.6) is 0 Å². The Morgan fingerprint density at radius 2 is 1.82 bits per heavy atom. The molecule has 0 saturated heterocycles. The van der Waals surface area contributed by atoms with Crippen molar-refractivity contribution in [2.24, 2.45) is 0 Å². The zero-order valence-corrected chi connectivity index (χ0v) is 10.0. The predicted molar refractivity (Wildman–Crippen MR) is 60.8 cm³/mol. The Balaban J connectivity index is 2.45. The minimum atomic E-state index is -0.661. The molecule has 0 N–H and O–H groups in total. The number of halogens is 2. The second-order valence-electron chi connectivity index (χ2n) is 4.16. The molecule has 0 radical (unpaired) electrons. The van der Waals surface area contributed by atoms with E-state index in [9.17, 15) is 13.6 Å². The van der Waals surface area contributed by atoms with E-state index >= 15 is 0 Å². The third-order valence-corrected chi connectivity index (χ3v) is 2.16. The van der Waals surface area contributed by atoms with Gasteiger partial charge in [-0.15, -0.1) is 0 Å². The van der Waals surface area contributed by atoms with Crippen LogP contribution in [0.3, 0.4) is 0 Å². The Morgan fingerprint density at radius 1 is 1.24 bits per heavy atom. The fourth-order valence-electron chi connectivity index (χ4n) is 1.44. The van der Waals surface area contributed by atoms with Crippen LogP contribution >= 0.6 is 0 Å². The van der Waals surface area contributed by atoms with Crippen molar-refractivity contribution in [3.63, 3.8) is 0 Å². The van der Waals surface area contributed by atoms with E-state index in [0.29, 0.717) is 12.2 Å². The molecule has 0 aromatic heterocycles. The van der Waals surface area contributed by atoms with E-state index in [1.807, 2.05) is 13.8 Å². The molecular formula is C13H16F2O2. The Bertz CT molecular complexity index is 369. The molecular weight excluding hydrogens is 226 g/mol. The fraction of sp³-hybridized carbons (Fsp3) is 0.462. The normalized spacial score (nSPS) is 10.9. The van der Waals surface area contributed by atoms with Crippen molar-refractivity contribution in [1.82, 2.24) is 0 Å². The number of carbonyl (C=O) groups excluding carboxylic acids is 1. The van der Waals surface area contributed by atoms with Gasteiger partial charge in [0.15, 0.2) is 0 Å². The third-order valence-electron chi connectivity index (χ3n) is 2.16. The lowest BCUT2D eigenvalue weighted by Gasteiger charge is -2.06. The Morgan fingerprint density at radius 3 is 2.35 bits per heavy atom. The molecule has 1 aromatic carbocycles. The van der Waals surface area contributed by atoms with Gasteiger partial charge in [-0.25, -0.2) is 8.78 Å². The molecule has 0 spiro atoms. The van der Waals surface area contributed by atoms with Crippen molar-refractivity contribution < 1.29 is 18.3 Å². The van der Waals surface area contributed by atoms with Crippen molar-refractivity contribution in [2.75, 3.05) is 6.61 Å². The number of hydrogen-bond acceptors (Lipinski definition) is 2. The van der Waals surface area contributed by atoms with Crippen molar-refractivity contribution in [3.05, 3.63) is 35.4 Å². The topological polar surface area (TPSA) is 26.3 Å². The number of Topliss-reactive ketones (excluding diaryl/α,β-unsaturated/α-hetero) is 1. The highest BCUT2D eigenvalue weighted by Gasteiger charge is 2.07. The molecule has 0 heterocycles. The molecule has 17 heavy (non-hydrogen) atoms. The first kappa shape index (κ1) is 13.8. The van der Waals surface area contributed by atoms with Crippen LogP contribution in [-0.2, 0) is 16.0 Å². The van der Waals surface area contributed by atoms with Gasteiger partial charge in [0.05, 0.1) is 12.7 Å². The van der Waals surface area contributed by atoms with Crippen LogP contribution in [0.15, 0.2) is 18.2 Å². The minimum Gasteiger partial charge on any atom is -0.378 e. The average Bonchev–Trinajstić information content (AvgIpc) is 2.14. The molecule has 0 aliphatic heterocycles. The molecule has 0 unspecified atom stereocenters. The number of rotatable bonds is 6. The summed E-state index contributed by atoms with van der Waals surface area (Å²) < 4.78 is 30.9. The maximum absolute atomic E-state index is 12.9. The van der Waals surface area contributed by atoms with E-state index < -0.39 is 11.6 Å². The monoisotopic (exact) mass is 242 g/mol. The van der Waals surface area contributed by atoms with E-state index in [1.54, 1.807) is 0 Å². The summed E-state index contributed by atoms with van der Waals surface area (Å²) in [5, 5.41) is 0. The van der Waals surface area contributed by atoms with Crippen LogP contribution in [0.4, 0.5) is 8.78 Å². The van der Waals surface area contributed by atoms with Crippen LogP contribution in [0, 0.1) is 11.6 Å². The van der Waals surface area contributed by atoms with Crippen molar-refractivity contribution in [2.45, 2.75) is 32.8 Å². The van der Waals surface area contributed by atoms with Crippen molar-refractivity contribution >= 4 is 5.78 Å². The van der Waals surface area contributed by atoms with Gasteiger partial charge in [0.1, 0.15) is 17.4 Å². The van der Waals surface area contributed by atoms with Gasteiger partial charge in [-0.1, -0.05) is 0 Å². The summed E-state index contributed by atoms with van der Waals surface area (Å²) in [6.45, 7) is 4.10. The quantitative estimate of drug-likeness (QED) is 0.766. The molecule has 0 amide bonds. The van der Waals surface area contributed by atoms with Crippen LogP contribution in [0.25, 0.3) is 0 Å². The Labute approximate surface area is 99.6 Å². The Hall–Kier alpha value is -1.29. The zero-order chi connectivity index (χ0) is 12.8. The van der Waals surface area contributed by atoms with Crippen LogP contribution in [0.1, 0.15) is 25.8 Å². The van der Waals surface area contributed by atoms with E-state index in [0.717, 1.165) is 6.07 Å². The van der Waals surface area contributed by atoms with Gasteiger partial charge < -0.3 is 4.74 Å². The summed E-state index contributed by atoms with van der Waals surface area (Å²) in [5.41, 5.74) is 0.358. The summed E-state index contributed by atoms with van der Waals surface area (Å²) in [5.74, 6) is -1.41. The highest BCUT2D eigenvalue weighted by atomic mass is 19.1. The van der Waals surface area contributed by atoms with Gasteiger partial charge in [-0.3, -0.25) is 4.79 Å². The smallest absolute Gasteiger partial charge is 0.139 e. The number of benzene rings is 1. The number of carbonyl (C=O) groups is 1. The second kappa shape index (κ2) is 6.45. The molecule has 1 aromatic rings. The van der Waals surface area contributed by atoms with Gasteiger partial charge >= 0.3 is 0 Å². The first-order chi connectivity index (χ1) is 7.97. The van der Waals surface area contributed by atoms with Gasteiger partial charge in [-0.05, 0) is 31.5 Å². The lowest BCUT2D eigenvalue weighted by Crippen LogP contribution is -2.10. The van der Waals surface area contributed by atoms with E-state index in [-0.39, 0.29) is 24.7 Å².